The highest BCUT2D eigenvalue weighted by Crippen LogP contribution is 2.41. The van der Waals surface area contributed by atoms with E-state index in [1.807, 2.05) is 6.92 Å². The van der Waals surface area contributed by atoms with Crippen LogP contribution in [0.2, 0.25) is 0 Å². The first kappa shape index (κ1) is 19.8. The fourth-order valence-corrected chi connectivity index (χ4v) is 4.26. The number of carbonyl (C=O) groups is 1. The van der Waals surface area contributed by atoms with Gasteiger partial charge in [0.1, 0.15) is 12.4 Å². The molecule has 7 nitrogen and oxygen atoms in total. The standard InChI is InChI=1S/C19H25F3N6O/c1-2-13-9-16(19(20,21)22)28-17(24-13)10-14(25-28)15-5-3-4-7-27(15)18(29)11-26-8-6-23-12-26/h6,8,10,12-13,15-16,24H,2-5,7,9,11H2,1H3. The largest absolute Gasteiger partial charge is 0.410 e. The predicted molar refractivity (Wildman–Crippen MR) is 100 cm³/mol. The molecule has 1 amide bonds. The second-order valence-electron chi connectivity index (χ2n) is 7.78. The van der Waals surface area contributed by atoms with Crippen LogP contribution >= 0.6 is 0 Å². The van der Waals surface area contributed by atoms with Crippen molar-refractivity contribution in [3.05, 3.63) is 30.5 Å². The van der Waals surface area contributed by atoms with Crippen molar-refractivity contribution in [2.45, 2.75) is 69.9 Å². The van der Waals surface area contributed by atoms with Gasteiger partial charge < -0.3 is 14.8 Å². The number of amides is 1. The van der Waals surface area contributed by atoms with Crippen LogP contribution in [0.4, 0.5) is 19.0 Å². The maximum Gasteiger partial charge on any atom is 0.410 e. The maximum atomic E-state index is 13.6. The van der Waals surface area contributed by atoms with Gasteiger partial charge in [0.15, 0.2) is 6.04 Å². The third kappa shape index (κ3) is 3.97. The van der Waals surface area contributed by atoms with Crippen molar-refractivity contribution in [3.63, 3.8) is 0 Å². The first-order valence-electron chi connectivity index (χ1n) is 10.0. The molecule has 2 aromatic rings. The second kappa shape index (κ2) is 7.72. The Morgan fingerprint density at radius 2 is 2.17 bits per heavy atom. The Kier molecular flexibility index (Phi) is 5.26. The molecule has 0 spiro atoms. The van der Waals surface area contributed by atoms with Gasteiger partial charge in [-0.25, -0.2) is 9.67 Å². The van der Waals surface area contributed by atoms with Gasteiger partial charge in [-0.05, 0) is 32.1 Å². The Bertz CT molecular complexity index is 847. The number of piperidine rings is 1. The number of nitrogens with zero attached hydrogens (tertiary/aromatic N) is 5. The minimum absolute atomic E-state index is 0.0396. The number of hydrogen-bond donors (Lipinski definition) is 1. The molecule has 10 heteroatoms. The normalized spacial score (nSPS) is 24.8. The van der Waals surface area contributed by atoms with Gasteiger partial charge in [0.2, 0.25) is 5.91 Å². The van der Waals surface area contributed by atoms with E-state index in [0.717, 1.165) is 17.5 Å². The predicted octanol–water partition coefficient (Wildman–Crippen LogP) is 3.53. The summed E-state index contributed by atoms with van der Waals surface area (Å²) in [5.74, 6) is 0.304. The van der Waals surface area contributed by atoms with E-state index in [1.165, 1.54) is 0 Å². The average molecular weight is 410 g/mol. The molecule has 2 aromatic heterocycles. The third-order valence-corrected chi connectivity index (χ3v) is 5.82. The van der Waals surface area contributed by atoms with Crippen molar-refractivity contribution >= 4 is 11.7 Å². The first-order valence-corrected chi connectivity index (χ1v) is 10.0. The summed E-state index contributed by atoms with van der Waals surface area (Å²) in [5, 5.41) is 7.52. The average Bonchev–Trinajstić information content (AvgIpc) is 3.35. The van der Waals surface area contributed by atoms with Gasteiger partial charge in [0.25, 0.3) is 0 Å². The van der Waals surface area contributed by atoms with Crippen molar-refractivity contribution in [3.8, 4) is 0 Å². The lowest BCUT2D eigenvalue weighted by Gasteiger charge is -2.35. The zero-order chi connectivity index (χ0) is 20.6. The number of carbonyl (C=O) groups excluding carboxylic acids is 1. The number of hydrogen-bond acceptors (Lipinski definition) is 4. The van der Waals surface area contributed by atoms with E-state index in [1.54, 1.807) is 34.3 Å². The Morgan fingerprint density at radius 3 is 2.86 bits per heavy atom. The number of fused-ring (bicyclic) bond motifs is 1. The minimum Gasteiger partial charge on any atom is -0.367 e. The van der Waals surface area contributed by atoms with E-state index in [2.05, 4.69) is 15.4 Å². The number of likely N-dealkylation sites (tertiary alicyclic amines) is 1. The summed E-state index contributed by atoms with van der Waals surface area (Å²) in [7, 11) is 0. The highest BCUT2D eigenvalue weighted by atomic mass is 19.4. The highest BCUT2D eigenvalue weighted by Gasteiger charge is 2.46. The molecule has 4 rings (SSSR count). The van der Waals surface area contributed by atoms with Crippen LogP contribution in [0, 0.1) is 0 Å². The van der Waals surface area contributed by atoms with Crippen LogP contribution in [0.15, 0.2) is 24.8 Å². The molecule has 1 saturated heterocycles. The van der Waals surface area contributed by atoms with Gasteiger partial charge in [0, 0.05) is 31.0 Å². The fraction of sp³-hybridized carbons (Fsp3) is 0.632. The van der Waals surface area contributed by atoms with Crippen LogP contribution in [0.25, 0.3) is 0 Å². The van der Waals surface area contributed by atoms with Crippen molar-refractivity contribution in [1.29, 1.82) is 0 Å². The highest BCUT2D eigenvalue weighted by molar-refractivity contribution is 5.76. The van der Waals surface area contributed by atoms with Gasteiger partial charge in [-0.15, -0.1) is 0 Å². The molecular formula is C19H25F3N6O. The van der Waals surface area contributed by atoms with Crippen LogP contribution in [-0.2, 0) is 11.3 Å². The number of nitrogens with one attached hydrogen (secondary N) is 1. The second-order valence-corrected chi connectivity index (χ2v) is 7.78. The van der Waals surface area contributed by atoms with Gasteiger partial charge in [-0.2, -0.15) is 18.3 Å². The topological polar surface area (TPSA) is 68.0 Å². The Hall–Kier alpha value is -2.52. The molecule has 1 N–H and O–H groups in total. The number of anilines is 1. The van der Waals surface area contributed by atoms with E-state index < -0.39 is 12.2 Å². The molecule has 0 radical (unpaired) electrons. The van der Waals surface area contributed by atoms with Crippen LogP contribution in [0.5, 0.6) is 0 Å². The molecule has 2 aliphatic rings. The van der Waals surface area contributed by atoms with Crippen molar-refractivity contribution in [2.24, 2.45) is 0 Å². The molecular weight excluding hydrogens is 385 g/mol. The monoisotopic (exact) mass is 410 g/mol. The molecule has 158 valence electrons. The molecule has 29 heavy (non-hydrogen) atoms. The van der Waals surface area contributed by atoms with Gasteiger partial charge in [-0.1, -0.05) is 6.92 Å². The molecule has 0 bridgehead atoms. The number of imidazole rings is 1. The minimum atomic E-state index is -4.36. The molecule has 0 aromatic carbocycles. The van der Waals surface area contributed by atoms with Gasteiger partial charge in [0.05, 0.1) is 18.1 Å². The Balaban J connectivity index is 1.61. The number of alkyl halides is 3. The summed E-state index contributed by atoms with van der Waals surface area (Å²) >= 11 is 0. The number of rotatable bonds is 4. The van der Waals surface area contributed by atoms with Gasteiger partial charge >= 0.3 is 6.18 Å². The summed E-state index contributed by atoms with van der Waals surface area (Å²) < 4.78 is 43.7. The van der Waals surface area contributed by atoms with Crippen molar-refractivity contribution in [2.75, 3.05) is 11.9 Å². The van der Waals surface area contributed by atoms with Crippen LogP contribution in [0.3, 0.4) is 0 Å². The molecule has 3 unspecified atom stereocenters. The first-order chi connectivity index (χ1) is 13.9. The van der Waals surface area contributed by atoms with Crippen LogP contribution in [-0.4, -0.2) is 48.9 Å². The van der Waals surface area contributed by atoms with E-state index in [4.69, 9.17) is 0 Å². The summed E-state index contributed by atoms with van der Waals surface area (Å²) in [6.07, 6.45) is 3.59. The quantitative estimate of drug-likeness (QED) is 0.837. The Labute approximate surface area is 166 Å². The molecule has 0 saturated carbocycles. The SMILES string of the molecule is CCC1CC(C(F)(F)F)n2nc(C3CCCCN3C(=O)Cn3ccnc3)cc2N1. The zero-order valence-corrected chi connectivity index (χ0v) is 16.3. The molecule has 1 fully saturated rings. The summed E-state index contributed by atoms with van der Waals surface area (Å²) in [5.41, 5.74) is 0.525. The molecule has 0 aliphatic carbocycles. The van der Waals surface area contributed by atoms with Crippen molar-refractivity contribution in [1.82, 2.24) is 24.2 Å². The maximum absolute atomic E-state index is 13.6. The van der Waals surface area contributed by atoms with Crippen LogP contribution < -0.4 is 5.32 Å². The summed E-state index contributed by atoms with van der Waals surface area (Å²) in [6, 6.07) is -0.512. The van der Waals surface area contributed by atoms with Crippen molar-refractivity contribution < 1.29 is 18.0 Å². The van der Waals surface area contributed by atoms with E-state index in [-0.39, 0.29) is 31.0 Å². The van der Waals surface area contributed by atoms with E-state index in [9.17, 15) is 18.0 Å². The fourth-order valence-electron chi connectivity index (χ4n) is 4.26. The van der Waals surface area contributed by atoms with Gasteiger partial charge in [-0.3, -0.25) is 4.79 Å². The van der Waals surface area contributed by atoms with E-state index in [0.29, 0.717) is 30.9 Å². The lowest BCUT2D eigenvalue weighted by molar-refractivity contribution is -0.173. The summed E-state index contributed by atoms with van der Waals surface area (Å²) in [4.78, 5) is 18.6. The molecule has 4 heterocycles. The zero-order valence-electron chi connectivity index (χ0n) is 16.3. The van der Waals surface area contributed by atoms with E-state index >= 15 is 0 Å². The lowest BCUT2D eigenvalue weighted by Crippen LogP contribution is -2.40. The number of aromatic nitrogens is 4. The molecule has 3 atom stereocenters. The molecule has 2 aliphatic heterocycles. The number of halogens is 3. The smallest absolute Gasteiger partial charge is 0.367 e. The third-order valence-electron chi connectivity index (χ3n) is 5.82. The lowest BCUT2D eigenvalue weighted by atomic mass is 9.99. The summed E-state index contributed by atoms with van der Waals surface area (Å²) in [6.45, 7) is 2.61. The van der Waals surface area contributed by atoms with Crippen LogP contribution in [0.1, 0.15) is 56.8 Å². The Morgan fingerprint density at radius 1 is 1.34 bits per heavy atom.